The van der Waals surface area contributed by atoms with Gasteiger partial charge in [-0.2, -0.15) is 0 Å². The molecule has 13 heavy (non-hydrogen) atoms. The average molecular weight is 178 g/mol. The maximum absolute atomic E-state index is 5.34. The Morgan fingerprint density at radius 2 is 2.08 bits per heavy atom. The Hall–Kier alpha value is -1.35. The second-order valence-electron chi connectivity index (χ2n) is 2.79. The molecular weight excluding hydrogens is 164 g/mol. The number of nitrogens with zero attached hydrogens (tertiary/aromatic N) is 1. The minimum atomic E-state index is 0.439. The zero-order valence-electron chi connectivity index (χ0n) is 7.73. The first-order chi connectivity index (χ1) is 6.33. The summed E-state index contributed by atoms with van der Waals surface area (Å²) >= 11 is 0. The lowest BCUT2D eigenvalue weighted by molar-refractivity contribution is 0.130. The zero-order chi connectivity index (χ0) is 9.52. The molecule has 0 aliphatic rings. The van der Waals surface area contributed by atoms with Crippen molar-refractivity contribution in [2.75, 3.05) is 6.54 Å². The van der Waals surface area contributed by atoms with E-state index in [0.29, 0.717) is 13.2 Å². The van der Waals surface area contributed by atoms with Gasteiger partial charge in [-0.05, 0) is 12.5 Å². The maximum atomic E-state index is 5.34. The van der Waals surface area contributed by atoms with Crippen LogP contribution < -0.4 is 5.73 Å². The SMILES string of the molecule is C/C(CN)=N\OCc1ccccc1. The van der Waals surface area contributed by atoms with Crippen molar-refractivity contribution in [1.29, 1.82) is 0 Å². The van der Waals surface area contributed by atoms with Gasteiger partial charge in [0, 0.05) is 6.54 Å². The smallest absolute Gasteiger partial charge is 0.142 e. The number of benzene rings is 1. The predicted octanol–water partition coefficient (Wildman–Crippen LogP) is 1.54. The van der Waals surface area contributed by atoms with Crippen LogP contribution in [0.25, 0.3) is 0 Å². The van der Waals surface area contributed by atoms with E-state index >= 15 is 0 Å². The molecule has 70 valence electrons. The fourth-order valence-electron chi connectivity index (χ4n) is 0.829. The van der Waals surface area contributed by atoms with Crippen LogP contribution in [0.5, 0.6) is 0 Å². The summed E-state index contributed by atoms with van der Waals surface area (Å²) in [6, 6.07) is 9.90. The molecule has 0 aliphatic heterocycles. The summed E-state index contributed by atoms with van der Waals surface area (Å²) in [5, 5.41) is 3.83. The number of hydrogen-bond donors (Lipinski definition) is 1. The Kier molecular flexibility index (Phi) is 3.99. The largest absolute Gasteiger partial charge is 0.391 e. The number of nitrogens with two attached hydrogens (primary N) is 1. The summed E-state index contributed by atoms with van der Waals surface area (Å²) in [6.45, 7) is 2.78. The van der Waals surface area contributed by atoms with Gasteiger partial charge in [0.05, 0.1) is 5.71 Å². The number of oxime groups is 1. The van der Waals surface area contributed by atoms with Gasteiger partial charge >= 0.3 is 0 Å². The average Bonchev–Trinajstić information content (AvgIpc) is 2.19. The quantitative estimate of drug-likeness (QED) is 0.561. The third-order valence-corrected chi connectivity index (χ3v) is 1.59. The molecule has 0 amide bonds. The van der Waals surface area contributed by atoms with E-state index in [2.05, 4.69) is 5.16 Å². The molecule has 1 aromatic carbocycles. The Balaban J connectivity index is 2.36. The topological polar surface area (TPSA) is 47.6 Å². The highest BCUT2D eigenvalue weighted by Crippen LogP contribution is 2.00. The van der Waals surface area contributed by atoms with Crippen LogP contribution in [0.15, 0.2) is 35.5 Å². The fraction of sp³-hybridized carbons (Fsp3) is 0.300. The van der Waals surface area contributed by atoms with Gasteiger partial charge in [0.25, 0.3) is 0 Å². The van der Waals surface area contributed by atoms with E-state index in [1.165, 1.54) is 0 Å². The molecule has 0 saturated heterocycles. The zero-order valence-corrected chi connectivity index (χ0v) is 7.73. The first kappa shape index (κ1) is 9.74. The van der Waals surface area contributed by atoms with Crippen molar-refractivity contribution in [3.05, 3.63) is 35.9 Å². The minimum Gasteiger partial charge on any atom is -0.391 e. The minimum absolute atomic E-state index is 0.439. The number of rotatable bonds is 4. The molecule has 0 atom stereocenters. The van der Waals surface area contributed by atoms with Gasteiger partial charge in [-0.3, -0.25) is 0 Å². The second kappa shape index (κ2) is 5.32. The van der Waals surface area contributed by atoms with Crippen LogP contribution in [0.4, 0.5) is 0 Å². The molecule has 0 aliphatic carbocycles. The monoisotopic (exact) mass is 178 g/mol. The third kappa shape index (κ3) is 3.71. The summed E-state index contributed by atoms with van der Waals surface area (Å²) in [4.78, 5) is 5.08. The van der Waals surface area contributed by atoms with E-state index in [0.717, 1.165) is 11.3 Å². The highest BCUT2D eigenvalue weighted by Gasteiger charge is 1.90. The Bertz CT molecular complexity index is 270. The van der Waals surface area contributed by atoms with Crippen LogP contribution in [-0.4, -0.2) is 12.3 Å². The summed E-state index contributed by atoms with van der Waals surface area (Å²) in [5.74, 6) is 0. The molecule has 2 N–H and O–H groups in total. The van der Waals surface area contributed by atoms with E-state index in [-0.39, 0.29) is 0 Å². The van der Waals surface area contributed by atoms with Crippen LogP contribution in [-0.2, 0) is 11.4 Å². The first-order valence-electron chi connectivity index (χ1n) is 4.22. The van der Waals surface area contributed by atoms with E-state index in [1.807, 2.05) is 37.3 Å². The number of hydrogen-bond acceptors (Lipinski definition) is 3. The Morgan fingerprint density at radius 3 is 2.69 bits per heavy atom. The molecule has 0 aromatic heterocycles. The van der Waals surface area contributed by atoms with Crippen molar-refractivity contribution < 1.29 is 4.84 Å². The van der Waals surface area contributed by atoms with Gasteiger partial charge < -0.3 is 10.6 Å². The van der Waals surface area contributed by atoms with Gasteiger partial charge in [0.15, 0.2) is 0 Å². The highest BCUT2D eigenvalue weighted by molar-refractivity contribution is 5.83. The van der Waals surface area contributed by atoms with Crippen LogP contribution >= 0.6 is 0 Å². The van der Waals surface area contributed by atoms with Gasteiger partial charge in [-0.15, -0.1) is 0 Å². The van der Waals surface area contributed by atoms with Crippen LogP contribution in [0.3, 0.4) is 0 Å². The van der Waals surface area contributed by atoms with E-state index in [1.54, 1.807) is 0 Å². The Morgan fingerprint density at radius 1 is 1.38 bits per heavy atom. The first-order valence-corrected chi connectivity index (χ1v) is 4.22. The fourth-order valence-corrected chi connectivity index (χ4v) is 0.829. The maximum Gasteiger partial charge on any atom is 0.142 e. The molecule has 1 rings (SSSR count). The van der Waals surface area contributed by atoms with E-state index < -0.39 is 0 Å². The van der Waals surface area contributed by atoms with Crippen LogP contribution in [0, 0.1) is 0 Å². The summed E-state index contributed by atoms with van der Waals surface area (Å²) in [6.07, 6.45) is 0. The Labute approximate surface area is 78.2 Å². The van der Waals surface area contributed by atoms with Crippen molar-refractivity contribution in [2.45, 2.75) is 13.5 Å². The standard InChI is InChI=1S/C10H14N2O/c1-9(7-11)12-13-8-10-5-3-2-4-6-10/h2-6H,7-8,11H2,1H3/b12-9+. The summed E-state index contributed by atoms with van der Waals surface area (Å²) in [7, 11) is 0. The van der Waals surface area contributed by atoms with Gasteiger partial charge in [0.2, 0.25) is 0 Å². The lowest BCUT2D eigenvalue weighted by Crippen LogP contribution is -2.09. The van der Waals surface area contributed by atoms with Crippen molar-refractivity contribution in [2.24, 2.45) is 10.9 Å². The highest BCUT2D eigenvalue weighted by atomic mass is 16.6. The van der Waals surface area contributed by atoms with Gasteiger partial charge in [-0.25, -0.2) is 0 Å². The molecule has 0 unspecified atom stereocenters. The molecule has 3 nitrogen and oxygen atoms in total. The van der Waals surface area contributed by atoms with E-state index in [9.17, 15) is 0 Å². The van der Waals surface area contributed by atoms with E-state index in [4.69, 9.17) is 10.6 Å². The molecule has 0 spiro atoms. The predicted molar refractivity (Wildman–Crippen MR) is 53.4 cm³/mol. The lowest BCUT2D eigenvalue weighted by atomic mass is 10.2. The molecular formula is C10H14N2O. The molecule has 0 fully saturated rings. The summed E-state index contributed by atoms with van der Waals surface area (Å²) in [5.41, 5.74) is 7.25. The van der Waals surface area contributed by atoms with Crippen molar-refractivity contribution in [3.63, 3.8) is 0 Å². The molecule has 0 bridgehead atoms. The molecule has 0 heterocycles. The van der Waals surface area contributed by atoms with Crippen LogP contribution in [0.1, 0.15) is 12.5 Å². The molecule has 0 saturated carbocycles. The third-order valence-electron chi connectivity index (χ3n) is 1.59. The van der Waals surface area contributed by atoms with Gasteiger partial charge in [-0.1, -0.05) is 35.5 Å². The van der Waals surface area contributed by atoms with Gasteiger partial charge in [0.1, 0.15) is 6.61 Å². The molecule has 1 aromatic rings. The molecule has 3 heteroatoms. The van der Waals surface area contributed by atoms with Crippen molar-refractivity contribution in [3.8, 4) is 0 Å². The van der Waals surface area contributed by atoms with Crippen molar-refractivity contribution >= 4 is 5.71 Å². The second-order valence-corrected chi connectivity index (χ2v) is 2.79. The van der Waals surface area contributed by atoms with Crippen molar-refractivity contribution in [1.82, 2.24) is 0 Å². The molecule has 0 radical (unpaired) electrons. The van der Waals surface area contributed by atoms with Crippen LogP contribution in [0.2, 0.25) is 0 Å². The summed E-state index contributed by atoms with van der Waals surface area (Å²) < 4.78 is 0. The lowest BCUT2D eigenvalue weighted by Gasteiger charge is -2.00. The normalized spacial score (nSPS) is 11.4.